The van der Waals surface area contributed by atoms with Crippen molar-refractivity contribution in [2.24, 2.45) is 0 Å². The Morgan fingerprint density at radius 2 is 1.88 bits per heavy atom. The van der Waals surface area contributed by atoms with Crippen molar-refractivity contribution in [3.63, 3.8) is 0 Å². The number of ether oxygens (including phenoxy) is 2. The molecule has 0 unspecified atom stereocenters. The van der Waals surface area contributed by atoms with Gasteiger partial charge in [0.2, 0.25) is 0 Å². The van der Waals surface area contributed by atoms with Gasteiger partial charge in [0.15, 0.2) is 0 Å². The molecule has 0 saturated carbocycles. The zero-order valence-corrected chi connectivity index (χ0v) is 17.9. The van der Waals surface area contributed by atoms with Crippen molar-refractivity contribution in [2.75, 3.05) is 32.1 Å². The molecule has 1 aromatic heterocycles. The molecule has 3 heterocycles. The molecule has 2 aliphatic heterocycles. The Morgan fingerprint density at radius 3 is 2.69 bits per heavy atom. The summed E-state index contributed by atoms with van der Waals surface area (Å²) < 4.78 is 11.4. The number of amides is 1. The number of carbonyl (C=O) groups is 1. The first kappa shape index (κ1) is 20.5. The third-order valence-electron chi connectivity index (χ3n) is 6.07. The normalized spacial score (nSPS) is 16.9. The second-order valence-corrected chi connectivity index (χ2v) is 8.19. The summed E-state index contributed by atoms with van der Waals surface area (Å²) >= 11 is 0. The minimum Gasteiger partial charge on any atom is -0.491 e. The van der Waals surface area contributed by atoms with E-state index in [0.717, 1.165) is 42.9 Å². The van der Waals surface area contributed by atoms with Gasteiger partial charge in [-0.2, -0.15) is 0 Å². The van der Waals surface area contributed by atoms with Crippen LogP contribution in [-0.4, -0.2) is 47.1 Å². The largest absolute Gasteiger partial charge is 0.491 e. The van der Waals surface area contributed by atoms with Crippen LogP contribution < -0.4 is 10.5 Å². The van der Waals surface area contributed by atoms with Gasteiger partial charge in [-0.25, -0.2) is 9.97 Å². The number of hydrogen-bond acceptors (Lipinski definition) is 6. The molecule has 7 heteroatoms. The Morgan fingerprint density at radius 1 is 1.06 bits per heavy atom. The quantitative estimate of drug-likeness (QED) is 0.679. The number of rotatable bonds is 4. The van der Waals surface area contributed by atoms with Crippen molar-refractivity contribution in [2.45, 2.75) is 25.3 Å². The smallest absolute Gasteiger partial charge is 0.258 e. The first-order valence-electron chi connectivity index (χ1n) is 11.0. The number of aromatic nitrogens is 2. The van der Waals surface area contributed by atoms with Crippen molar-refractivity contribution in [3.05, 3.63) is 71.5 Å². The van der Waals surface area contributed by atoms with Gasteiger partial charge in [-0.05, 0) is 30.5 Å². The van der Waals surface area contributed by atoms with Crippen LogP contribution in [0.15, 0.2) is 54.7 Å². The summed E-state index contributed by atoms with van der Waals surface area (Å²) in [6.07, 6.45) is 3.62. The molecule has 2 N–H and O–H groups in total. The van der Waals surface area contributed by atoms with Gasteiger partial charge in [-0.3, -0.25) is 4.79 Å². The average Bonchev–Trinajstić information content (AvgIpc) is 2.99. The number of carbonyl (C=O) groups excluding carboxylic acids is 1. The van der Waals surface area contributed by atoms with Gasteiger partial charge in [0.25, 0.3) is 5.91 Å². The predicted octanol–water partition coefficient (Wildman–Crippen LogP) is 3.65. The van der Waals surface area contributed by atoms with Crippen LogP contribution in [0.4, 0.5) is 5.82 Å². The van der Waals surface area contributed by atoms with Crippen LogP contribution in [0.5, 0.6) is 5.75 Å². The molecule has 3 aromatic rings. The summed E-state index contributed by atoms with van der Waals surface area (Å²) in [6.45, 7) is 2.98. The summed E-state index contributed by atoms with van der Waals surface area (Å²) in [5.41, 5.74) is 10.2. The molecule has 32 heavy (non-hydrogen) atoms. The molecular formula is C25H26N4O3. The van der Waals surface area contributed by atoms with Crippen LogP contribution in [0.1, 0.15) is 40.4 Å². The highest BCUT2D eigenvalue weighted by Gasteiger charge is 2.25. The molecule has 164 valence electrons. The lowest BCUT2D eigenvalue weighted by Crippen LogP contribution is -2.31. The summed E-state index contributed by atoms with van der Waals surface area (Å²) in [4.78, 5) is 24.2. The van der Waals surface area contributed by atoms with Crippen LogP contribution in [0.3, 0.4) is 0 Å². The number of hydrogen-bond donors (Lipinski definition) is 1. The van der Waals surface area contributed by atoms with E-state index < -0.39 is 0 Å². The Hall–Kier alpha value is -3.45. The monoisotopic (exact) mass is 430 g/mol. The van der Waals surface area contributed by atoms with E-state index in [1.807, 2.05) is 47.4 Å². The highest BCUT2D eigenvalue weighted by atomic mass is 16.5. The number of fused-ring (bicyclic) bond motifs is 1. The van der Waals surface area contributed by atoms with Gasteiger partial charge in [0.05, 0.1) is 24.0 Å². The molecule has 1 amide bonds. The predicted molar refractivity (Wildman–Crippen MR) is 121 cm³/mol. The summed E-state index contributed by atoms with van der Waals surface area (Å²) in [6, 6.07) is 15.5. The molecule has 0 aliphatic carbocycles. The third kappa shape index (κ3) is 4.16. The molecule has 2 aromatic carbocycles. The lowest BCUT2D eigenvalue weighted by molar-refractivity contribution is 0.0743. The van der Waals surface area contributed by atoms with E-state index in [1.165, 1.54) is 0 Å². The van der Waals surface area contributed by atoms with E-state index in [4.69, 9.17) is 20.2 Å². The molecular weight excluding hydrogens is 404 g/mol. The first-order valence-corrected chi connectivity index (χ1v) is 11.0. The van der Waals surface area contributed by atoms with E-state index in [2.05, 4.69) is 4.98 Å². The second kappa shape index (κ2) is 8.96. The number of nitrogens with zero attached hydrogens (tertiary/aromatic N) is 3. The van der Waals surface area contributed by atoms with Gasteiger partial charge in [-0.15, -0.1) is 0 Å². The maximum Gasteiger partial charge on any atom is 0.258 e. The summed E-state index contributed by atoms with van der Waals surface area (Å²) in [7, 11) is 0. The third-order valence-corrected chi connectivity index (χ3v) is 6.07. The van der Waals surface area contributed by atoms with Gasteiger partial charge >= 0.3 is 0 Å². The minimum atomic E-state index is -0.0390. The fourth-order valence-corrected chi connectivity index (χ4v) is 4.27. The summed E-state index contributed by atoms with van der Waals surface area (Å²) in [5.74, 6) is 1.20. The number of nitrogen functional groups attached to an aromatic ring is 1. The minimum absolute atomic E-state index is 0.0390. The van der Waals surface area contributed by atoms with Crippen LogP contribution in [0.2, 0.25) is 0 Å². The van der Waals surface area contributed by atoms with Crippen LogP contribution >= 0.6 is 0 Å². The van der Waals surface area contributed by atoms with Crippen LogP contribution in [-0.2, 0) is 11.3 Å². The molecule has 1 saturated heterocycles. The highest BCUT2D eigenvalue weighted by molar-refractivity contribution is 5.98. The number of anilines is 1. The van der Waals surface area contributed by atoms with Crippen molar-refractivity contribution >= 4 is 11.7 Å². The van der Waals surface area contributed by atoms with Crippen molar-refractivity contribution in [3.8, 4) is 17.0 Å². The van der Waals surface area contributed by atoms with E-state index in [9.17, 15) is 4.79 Å². The zero-order chi connectivity index (χ0) is 21.9. The van der Waals surface area contributed by atoms with E-state index >= 15 is 0 Å². The SMILES string of the molecule is Nc1ncc(C2CCOCC2)nc1-c1ccc2c(c1)OCCN(Cc1ccccc1)C2=O. The van der Waals surface area contributed by atoms with Crippen molar-refractivity contribution in [1.29, 1.82) is 0 Å². The molecule has 1 fully saturated rings. The fraction of sp³-hybridized carbons (Fsp3) is 0.320. The Bertz CT molecular complexity index is 1110. The van der Waals surface area contributed by atoms with Gasteiger partial charge in [-0.1, -0.05) is 36.4 Å². The Balaban J connectivity index is 1.43. The van der Waals surface area contributed by atoms with E-state index in [0.29, 0.717) is 48.4 Å². The van der Waals surface area contributed by atoms with Crippen LogP contribution in [0, 0.1) is 0 Å². The van der Waals surface area contributed by atoms with Gasteiger partial charge < -0.3 is 20.1 Å². The maximum absolute atomic E-state index is 13.2. The Labute approximate surface area is 187 Å². The lowest BCUT2D eigenvalue weighted by Gasteiger charge is -2.22. The standard InChI is InChI=1S/C25H26N4O3/c26-24-23(28-21(15-27-24)18-8-11-31-12-9-18)19-6-7-20-22(14-19)32-13-10-29(25(20)30)16-17-4-2-1-3-5-17/h1-7,14-15,18H,8-13,16H2,(H2,26,27). The lowest BCUT2D eigenvalue weighted by atomic mass is 9.96. The highest BCUT2D eigenvalue weighted by Crippen LogP contribution is 2.33. The van der Waals surface area contributed by atoms with E-state index in [-0.39, 0.29) is 5.91 Å². The summed E-state index contributed by atoms with van der Waals surface area (Å²) in [5, 5.41) is 0. The average molecular weight is 431 g/mol. The molecule has 0 radical (unpaired) electrons. The van der Waals surface area contributed by atoms with Crippen molar-refractivity contribution in [1.82, 2.24) is 14.9 Å². The fourth-order valence-electron chi connectivity index (χ4n) is 4.27. The number of nitrogens with two attached hydrogens (primary N) is 1. The molecule has 0 bridgehead atoms. The van der Waals surface area contributed by atoms with Crippen molar-refractivity contribution < 1.29 is 14.3 Å². The topological polar surface area (TPSA) is 90.6 Å². The molecule has 5 rings (SSSR count). The second-order valence-electron chi connectivity index (χ2n) is 8.19. The molecule has 7 nitrogen and oxygen atoms in total. The first-order chi connectivity index (χ1) is 15.7. The zero-order valence-electron chi connectivity index (χ0n) is 17.9. The van der Waals surface area contributed by atoms with Gasteiger partial charge in [0.1, 0.15) is 23.9 Å². The van der Waals surface area contributed by atoms with Gasteiger partial charge in [0, 0.05) is 31.2 Å². The molecule has 0 spiro atoms. The number of benzene rings is 2. The van der Waals surface area contributed by atoms with Crippen LogP contribution in [0.25, 0.3) is 11.3 Å². The van der Waals surface area contributed by atoms with E-state index in [1.54, 1.807) is 12.3 Å². The Kier molecular flexibility index (Phi) is 5.73. The maximum atomic E-state index is 13.2. The molecule has 2 aliphatic rings. The molecule has 0 atom stereocenters.